The molecule has 0 saturated heterocycles. The summed E-state index contributed by atoms with van der Waals surface area (Å²) in [5.74, 6) is 2.52. The molecule has 2 aromatic carbocycles. The zero-order valence-electron chi connectivity index (χ0n) is 18.5. The van der Waals surface area contributed by atoms with Crippen LogP contribution in [0.25, 0.3) is 6.08 Å². The van der Waals surface area contributed by atoms with Gasteiger partial charge < -0.3 is 24.3 Å². The molecule has 0 spiro atoms. The van der Waals surface area contributed by atoms with E-state index in [-0.39, 0.29) is 5.91 Å². The summed E-state index contributed by atoms with van der Waals surface area (Å²) in [6, 6.07) is 11.3. The molecular weight excluding hydrogens is 394 g/mol. The molecule has 166 valence electrons. The molecule has 0 unspecified atom stereocenters. The predicted molar refractivity (Wildman–Crippen MR) is 123 cm³/mol. The number of benzene rings is 2. The van der Waals surface area contributed by atoms with Crippen molar-refractivity contribution in [2.75, 3.05) is 33.5 Å². The Kier molecular flexibility index (Phi) is 10.0. The minimum Gasteiger partial charge on any atom is -0.493 e. The van der Waals surface area contributed by atoms with E-state index in [9.17, 15) is 4.79 Å². The first kappa shape index (κ1) is 23.9. The molecule has 0 radical (unpaired) electrons. The molecule has 0 heterocycles. The third-order valence-corrected chi connectivity index (χ3v) is 4.29. The van der Waals surface area contributed by atoms with Crippen molar-refractivity contribution >= 4 is 12.0 Å². The van der Waals surface area contributed by atoms with Crippen molar-refractivity contribution in [1.82, 2.24) is 5.32 Å². The quantitative estimate of drug-likeness (QED) is 0.380. The fourth-order valence-corrected chi connectivity index (χ4v) is 2.87. The lowest BCUT2D eigenvalue weighted by Crippen LogP contribution is -2.23. The van der Waals surface area contributed by atoms with E-state index in [1.807, 2.05) is 50.2 Å². The molecule has 0 atom stereocenters. The molecule has 0 aromatic heterocycles. The van der Waals surface area contributed by atoms with Crippen molar-refractivity contribution < 1.29 is 23.7 Å². The number of hydrogen-bond acceptors (Lipinski definition) is 5. The Labute approximate surface area is 184 Å². The van der Waals surface area contributed by atoms with Crippen LogP contribution in [0.3, 0.4) is 0 Å². The maximum Gasteiger partial charge on any atom is 0.244 e. The van der Waals surface area contributed by atoms with Gasteiger partial charge in [0.05, 0.1) is 20.3 Å². The third-order valence-electron chi connectivity index (χ3n) is 4.29. The Balaban J connectivity index is 1.90. The van der Waals surface area contributed by atoms with Crippen LogP contribution < -0.4 is 24.3 Å². The second-order valence-corrected chi connectivity index (χ2v) is 6.53. The van der Waals surface area contributed by atoms with Gasteiger partial charge in [0.15, 0.2) is 23.0 Å². The van der Waals surface area contributed by atoms with E-state index in [0.717, 1.165) is 22.6 Å². The minimum atomic E-state index is -0.165. The summed E-state index contributed by atoms with van der Waals surface area (Å²) in [5, 5.41) is 2.90. The third kappa shape index (κ3) is 7.74. The van der Waals surface area contributed by atoms with Gasteiger partial charge in [0, 0.05) is 12.6 Å². The average molecular weight is 426 g/mol. The van der Waals surface area contributed by atoms with Gasteiger partial charge >= 0.3 is 0 Å². The fraction of sp³-hybridized carbons (Fsp3) is 0.320. The lowest BCUT2D eigenvalue weighted by atomic mass is 10.1. The molecular formula is C25H31NO5. The van der Waals surface area contributed by atoms with Crippen LogP contribution in [0.1, 0.15) is 25.0 Å². The zero-order valence-corrected chi connectivity index (χ0v) is 18.5. The van der Waals surface area contributed by atoms with E-state index >= 15 is 0 Å². The van der Waals surface area contributed by atoms with Gasteiger partial charge in [0.1, 0.15) is 6.61 Å². The molecule has 31 heavy (non-hydrogen) atoms. The normalized spacial score (nSPS) is 10.5. The van der Waals surface area contributed by atoms with E-state index in [0.29, 0.717) is 44.3 Å². The number of carbonyl (C=O) groups is 1. The Morgan fingerprint density at radius 2 is 1.68 bits per heavy atom. The van der Waals surface area contributed by atoms with Gasteiger partial charge in [-0.2, -0.15) is 0 Å². The first-order valence-corrected chi connectivity index (χ1v) is 10.4. The summed E-state index contributed by atoms with van der Waals surface area (Å²) in [5.41, 5.74) is 1.90. The van der Waals surface area contributed by atoms with Gasteiger partial charge in [0.25, 0.3) is 0 Å². The van der Waals surface area contributed by atoms with Crippen LogP contribution in [0.5, 0.6) is 23.0 Å². The van der Waals surface area contributed by atoms with Gasteiger partial charge in [-0.15, -0.1) is 0 Å². The van der Waals surface area contributed by atoms with Crippen LogP contribution in [-0.4, -0.2) is 39.4 Å². The maximum atomic E-state index is 12.2. The molecule has 2 aromatic rings. The van der Waals surface area contributed by atoms with Crippen LogP contribution in [0.4, 0.5) is 0 Å². The zero-order chi connectivity index (χ0) is 22.5. The summed E-state index contributed by atoms with van der Waals surface area (Å²) in [6.45, 7) is 9.57. The van der Waals surface area contributed by atoms with Gasteiger partial charge in [-0.05, 0) is 61.7 Å². The van der Waals surface area contributed by atoms with Crippen LogP contribution in [-0.2, 0) is 11.2 Å². The number of ether oxygens (including phenoxy) is 4. The SMILES string of the molecule is C=CCOc1ccc(/C=C/C(=O)NCCc2ccc(OCC)c(OCC)c2)cc1OC. The molecule has 1 amide bonds. The summed E-state index contributed by atoms with van der Waals surface area (Å²) in [7, 11) is 1.58. The molecule has 1 N–H and O–H groups in total. The van der Waals surface area contributed by atoms with E-state index in [4.69, 9.17) is 18.9 Å². The van der Waals surface area contributed by atoms with Crippen LogP contribution in [0.2, 0.25) is 0 Å². The van der Waals surface area contributed by atoms with Gasteiger partial charge in [-0.25, -0.2) is 0 Å². The van der Waals surface area contributed by atoms with Crippen molar-refractivity contribution in [3.05, 3.63) is 66.3 Å². The smallest absolute Gasteiger partial charge is 0.244 e. The molecule has 6 heteroatoms. The number of methoxy groups -OCH3 is 1. The standard InChI is InChI=1S/C25H31NO5/c1-5-16-31-21-11-8-19(17-23(21)28-4)10-13-25(27)26-15-14-20-9-12-22(29-6-2)24(18-20)30-7-3/h5,8-13,17-18H,1,6-7,14-16H2,2-4H3,(H,26,27)/b13-10+. The molecule has 2 rings (SSSR count). The summed E-state index contributed by atoms with van der Waals surface area (Å²) in [6.07, 6.45) is 5.60. The maximum absolute atomic E-state index is 12.2. The Bertz CT molecular complexity index is 891. The molecule has 0 aliphatic rings. The van der Waals surface area contributed by atoms with Gasteiger partial charge in [0.2, 0.25) is 5.91 Å². The van der Waals surface area contributed by atoms with E-state index in [1.165, 1.54) is 6.08 Å². The second kappa shape index (κ2) is 13.0. The van der Waals surface area contributed by atoms with Crippen molar-refractivity contribution in [3.63, 3.8) is 0 Å². The van der Waals surface area contributed by atoms with Gasteiger partial charge in [-0.1, -0.05) is 24.8 Å². The number of nitrogens with one attached hydrogen (secondary N) is 1. The molecule has 0 bridgehead atoms. The molecule has 6 nitrogen and oxygen atoms in total. The predicted octanol–water partition coefficient (Wildman–Crippen LogP) is 4.43. The number of amides is 1. The highest BCUT2D eigenvalue weighted by atomic mass is 16.5. The minimum absolute atomic E-state index is 0.165. The molecule has 0 fully saturated rings. The van der Waals surface area contributed by atoms with E-state index < -0.39 is 0 Å². The second-order valence-electron chi connectivity index (χ2n) is 6.53. The highest BCUT2D eigenvalue weighted by molar-refractivity contribution is 5.91. The fourth-order valence-electron chi connectivity index (χ4n) is 2.87. The molecule has 0 saturated carbocycles. The Morgan fingerprint density at radius 1 is 0.968 bits per heavy atom. The summed E-state index contributed by atoms with van der Waals surface area (Å²) >= 11 is 0. The number of carbonyl (C=O) groups excluding carboxylic acids is 1. The van der Waals surface area contributed by atoms with Crippen LogP contribution in [0.15, 0.2) is 55.1 Å². The van der Waals surface area contributed by atoms with Crippen LogP contribution in [0, 0.1) is 0 Å². The molecule has 0 aliphatic carbocycles. The highest BCUT2D eigenvalue weighted by Crippen LogP contribution is 2.29. The van der Waals surface area contributed by atoms with E-state index in [1.54, 1.807) is 19.3 Å². The lowest BCUT2D eigenvalue weighted by Gasteiger charge is -2.12. The number of hydrogen-bond donors (Lipinski definition) is 1. The Hall–Kier alpha value is -3.41. The number of rotatable bonds is 13. The van der Waals surface area contributed by atoms with Crippen molar-refractivity contribution in [2.45, 2.75) is 20.3 Å². The van der Waals surface area contributed by atoms with Crippen molar-refractivity contribution in [2.24, 2.45) is 0 Å². The first-order chi connectivity index (χ1) is 15.1. The van der Waals surface area contributed by atoms with Crippen LogP contribution >= 0.6 is 0 Å². The Morgan fingerprint density at radius 3 is 2.39 bits per heavy atom. The first-order valence-electron chi connectivity index (χ1n) is 10.4. The van der Waals surface area contributed by atoms with Gasteiger partial charge in [-0.3, -0.25) is 4.79 Å². The topological polar surface area (TPSA) is 66.0 Å². The van der Waals surface area contributed by atoms with E-state index in [2.05, 4.69) is 11.9 Å². The molecule has 0 aliphatic heterocycles. The monoisotopic (exact) mass is 425 g/mol. The average Bonchev–Trinajstić information content (AvgIpc) is 2.78. The largest absolute Gasteiger partial charge is 0.493 e. The van der Waals surface area contributed by atoms with Crippen molar-refractivity contribution in [3.8, 4) is 23.0 Å². The highest BCUT2D eigenvalue weighted by Gasteiger charge is 2.07. The van der Waals surface area contributed by atoms with Crippen molar-refractivity contribution in [1.29, 1.82) is 0 Å². The lowest BCUT2D eigenvalue weighted by molar-refractivity contribution is -0.116. The summed E-state index contributed by atoms with van der Waals surface area (Å²) in [4.78, 5) is 12.2. The summed E-state index contributed by atoms with van der Waals surface area (Å²) < 4.78 is 22.1.